The highest BCUT2D eigenvalue weighted by atomic mass is 16.6. The Morgan fingerprint density at radius 3 is 2.78 bits per heavy atom. The van der Waals surface area contributed by atoms with Crippen LogP contribution in [0.1, 0.15) is 0 Å². The van der Waals surface area contributed by atoms with Crippen LogP contribution in [0.5, 0.6) is 11.5 Å². The van der Waals surface area contributed by atoms with E-state index in [0.717, 1.165) is 22.5 Å². The summed E-state index contributed by atoms with van der Waals surface area (Å²) in [6.45, 7) is 1.15. The van der Waals surface area contributed by atoms with E-state index in [4.69, 9.17) is 9.47 Å². The van der Waals surface area contributed by atoms with Gasteiger partial charge < -0.3 is 14.8 Å². The van der Waals surface area contributed by atoms with Gasteiger partial charge in [0, 0.05) is 19.2 Å². The van der Waals surface area contributed by atoms with E-state index in [9.17, 15) is 0 Å². The SMILES string of the molecule is CNc1nc2nc3cc4c(cc3n2[nH]1)OCCO4. The number of hydrogen-bond donors (Lipinski definition) is 2. The molecule has 0 amide bonds. The Bertz CT molecular complexity index is 745. The predicted molar refractivity (Wildman–Crippen MR) is 65.4 cm³/mol. The van der Waals surface area contributed by atoms with Crippen molar-refractivity contribution in [2.75, 3.05) is 25.6 Å². The van der Waals surface area contributed by atoms with E-state index in [1.807, 2.05) is 16.6 Å². The first-order valence-corrected chi connectivity index (χ1v) is 5.71. The summed E-state index contributed by atoms with van der Waals surface area (Å²) >= 11 is 0. The molecule has 0 fully saturated rings. The maximum Gasteiger partial charge on any atom is 0.253 e. The Balaban J connectivity index is 2.02. The van der Waals surface area contributed by atoms with Gasteiger partial charge in [0.15, 0.2) is 11.5 Å². The highest BCUT2D eigenvalue weighted by molar-refractivity contribution is 5.83. The molecule has 3 heterocycles. The zero-order valence-electron chi connectivity index (χ0n) is 9.73. The molecule has 2 N–H and O–H groups in total. The topological polar surface area (TPSA) is 76.5 Å². The lowest BCUT2D eigenvalue weighted by molar-refractivity contribution is 0.172. The van der Waals surface area contributed by atoms with E-state index in [1.54, 1.807) is 7.05 Å². The molecule has 1 aliphatic rings. The van der Waals surface area contributed by atoms with E-state index < -0.39 is 0 Å². The summed E-state index contributed by atoms with van der Waals surface area (Å²) in [6.07, 6.45) is 0. The number of hydrogen-bond acceptors (Lipinski definition) is 5. The van der Waals surface area contributed by atoms with Crippen LogP contribution in [-0.2, 0) is 0 Å². The van der Waals surface area contributed by atoms with Crippen LogP contribution in [0, 0.1) is 0 Å². The number of anilines is 1. The van der Waals surface area contributed by atoms with Gasteiger partial charge in [0.2, 0.25) is 5.95 Å². The average Bonchev–Trinajstić information content (AvgIpc) is 2.93. The maximum absolute atomic E-state index is 5.57. The number of nitrogens with zero attached hydrogens (tertiary/aromatic N) is 3. The molecule has 0 aliphatic carbocycles. The second-order valence-electron chi connectivity index (χ2n) is 4.05. The van der Waals surface area contributed by atoms with Crippen LogP contribution in [0.15, 0.2) is 12.1 Å². The number of benzene rings is 1. The molecule has 0 spiro atoms. The van der Waals surface area contributed by atoms with E-state index in [0.29, 0.717) is 24.9 Å². The van der Waals surface area contributed by atoms with Crippen molar-refractivity contribution in [1.82, 2.24) is 19.6 Å². The zero-order chi connectivity index (χ0) is 12.1. The van der Waals surface area contributed by atoms with Crippen LogP contribution in [0.3, 0.4) is 0 Å². The lowest BCUT2D eigenvalue weighted by Gasteiger charge is -2.17. The van der Waals surface area contributed by atoms with Gasteiger partial charge in [-0.25, -0.2) is 9.50 Å². The number of ether oxygens (including phenoxy) is 2. The monoisotopic (exact) mass is 245 g/mol. The van der Waals surface area contributed by atoms with Gasteiger partial charge in [-0.05, 0) is 0 Å². The van der Waals surface area contributed by atoms with Gasteiger partial charge in [-0.1, -0.05) is 0 Å². The van der Waals surface area contributed by atoms with Gasteiger partial charge in [0.25, 0.3) is 5.78 Å². The van der Waals surface area contributed by atoms with Gasteiger partial charge in [-0.3, -0.25) is 5.10 Å². The fourth-order valence-corrected chi connectivity index (χ4v) is 2.13. The van der Waals surface area contributed by atoms with E-state index in [-0.39, 0.29) is 0 Å². The van der Waals surface area contributed by atoms with Gasteiger partial charge in [0.05, 0.1) is 11.0 Å². The molecule has 92 valence electrons. The van der Waals surface area contributed by atoms with E-state index in [1.165, 1.54) is 0 Å². The van der Waals surface area contributed by atoms with Crippen LogP contribution >= 0.6 is 0 Å². The Morgan fingerprint density at radius 2 is 2.00 bits per heavy atom. The fraction of sp³-hybridized carbons (Fsp3) is 0.273. The van der Waals surface area contributed by atoms with E-state index >= 15 is 0 Å². The third-order valence-corrected chi connectivity index (χ3v) is 2.97. The van der Waals surface area contributed by atoms with Crippen LogP contribution in [0.25, 0.3) is 16.8 Å². The molecular weight excluding hydrogens is 234 g/mol. The largest absolute Gasteiger partial charge is 0.486 e. The second-order valence-corrected chi connectivity index (χ2v) is 4.05. The summed E-state index contributed by atoms with van der Waals surface area (Å²) in [4.78, 5) is 8.74. The highest BCUT2D eigenvalue weighted by Crippen LogP contribution is 2.34. The van der Waals surface area contributed by atoms with Crippen molar-refractivity contribution in [3.05, 3.63) is 12.1 Å². The van der Waals surface area contributed by atoms with Crippen LogP contribution in [-0.4, -0.2) is 39.8 Å². The lowest BCUT2D eigenvalue weighted by atomic mass is 10.2. The molecular formula is C11H11N5O2. The number of H-pyrrole nitrogens is 1. The molecule has 0 saturated carbocycles. The molecule has 1 aromatic carbocycles. The molecule has 18 heavy (non-hydrogen) atoms. The predicted octanol–water partition coefficient (Wildman–Crippen LogP) is 1.02. The van der Waals surface area contributed by atoms with Crippen molar-refractivity contribution in [3.63, 3.8) is 0 Å². The molecule has 0 atom stereocenters. The summed E-state index contributed by atoms with van der Waals surface area (Å²) < 4.78 is 12.9. The molecule has 7 nitrogen and oxygen atoms in total. The lowest BCUT2D eigenvalue weighted by Crippen LogP contribution is -2.15. The summed E-state index contributed by atoms with van der Waals surface area (Å²) in [7, 11) is 1.80. The number of aromatic nitrogens is 4. The molecule has 2 aromatic heterocycles. The minimum absolute atomic E-state index is 0.575. The summed E-state index contributed by atoms with van der Waals surface area (Å²) in [5, 5.41) is 6.06. The first-order valence-electron chi connectivity index (χ1n) is 5.71. The quantitative estimate of drug-likeness (QED) is 0.669. The molecule has 0 radical (unpaired) electrons. The van der Waals surface area contributed by atoms with Crippen molar-refractivity contribution in [2.24, 2.45) is 0 Å². The first-order chi connectivity index (χ1) is 8.85. The third kappa shape index (κ3) is 1.18. The van der Waals surface area contributed by atoms with Gasteiger partial charge >= 0.3 is 0 Å². The van der Waals surface area contributed by atoms with Gasteiger partial charge in [-0.15, -0.1) is 0 Å². The number of aromatic amines is 1. The van der Waals surface area contributed by atoms with Gasteiger partial charge in [0.1, 0.15) is 13.2 Å². The molecule has 7 heteroatoms. The Kier molecular flexibility index (Phi) is 1.75. The molecule has 4 rings (SSSR count). The Hall–Kier alpha value is -2.44. The minimum Gasteiger partial charge on any atom is -0.486 e. The number of nitrogens with one attached hydrogen (secondary N) is 2. The molecule has 3 aromatic rings. The van der Waals surface area contributed by atoms with Crippen molar-refractivity contribution >= 4 is 22.8 Å². The smallest absolute Gasteiger partial charge is 0.253 e. The van der Waals surface area contributed by atoms with Crippen molar-refractivity contribution < 1.29 is 9.47 Å². The summed E-state index contributed by atoms with van der Waals surface area (Å²) in [5.41, 5.74) is 1.75. The van der Waals surface area contributed by atoms with Crippen LogP contribution < -0.4 is 14.8 Å². The second kappa shape index (κ2) is 3.28. The molecule has 0 saturated heterocycles. The average molecular weight is 245 g/mol. The summed E-state index contributed by atoms with van der Waals surface area (Å²) in [5.74, 6) is 2.78. The number of rotatable bonds is 1. The van der Waals surface area contributed by atoms with E-state index in [2.05, 4.69) is 20.4 Å². The first kappa shape index (κ1) is 9.58. The number of imidazole rings is 1. The standard InChI is InChI=1S/C11H11N5O2/c1-12-10-14-11-13-6-4-8-9(18-3-2-17-8)5-7(6)16(11)15-10/h4-5H,2-3H2,1H3,(H2,12,13,14,15). The van der Waals surface area contributed by atoms with Crippen molar-refractivity contribution in [1.29, 1.82) is 0 Å². The fourth-order valence-electron chi connectivity index (χ4n) is 2.13. The van der Waals surface area contributed by atoms with Crippen molar-refractivity contribution in [2.45, 2.75) is 0 Å². The Morgan fingerprint density at radius 1 is 1.22 bits per heavy atom. The molecule has 1 aliphatic heterocycles. The van der Waals surface area contributed by atoms with Crippen LogP contribution in [0.2, 0.25) is 0 Å². The molecule has 0 unspecified atom stereocenters. The maximum atomic E-state index is 5.57. The van der Waals surface area contributed by atoms with Crippen LogP contribution in [0.4, 0.5) is 5.95 Å². The Labute approximate surface area is 102 Å². The molecule has 0 bridgehead atoms. The third-order valence-electron chi connectivity index (χ3n) is 2.97. The zero-order valence-corrected chi connectivity index (χ0v) is 9.73. The normalized spacial score (nSPS) is 14.3. The number of fused-ring (bicyclic) bond motifs is 4. The van der Waals surface area contributed by atoms with Gasteiger partial charge in [-0.2, -0.15) is 4.98 Å². The highest BCUT2D eigenvalue weighted by Gasteiger charge is 2.17. The van der Waals surface area contributed by atoms with Crippen molar-refractivity contribution in [3.8, 4) is 11.5 Å². The summed E-state index contributed by atoms with van der Waals surface area (Å²) in [6, 6.07) is 3.80. The minimum atomic E-state index is 0.575.